The first-order valence-corrected chi connectivity index (χ1v) is 8.41. The maximum absolute atomic E-state index is 12.8. The fourth-order valence-electron chi connectivity index (χ4n) is 2.96. The van der Waals surface area contributed by atoms with Crippen LogP contribution in [0.4, 0.5) is 0 Å². The first-order chi connectivity index (χ1) is 12.2. The third kappa shape index (κ3) is 4.30. The summed E-state index contributed by atoms with van der Waals surface area (Å²) in [6.07, 6.45) is 3.76. The van der Waals surface area contributed by atoms with Crippen molar-refractivity contribution in [1.29, 1.82) is 0 Å². The van der Waals surface area contributed by atoms with E-state index in [-0.39, 0.29) is 5.91 Å². The predicted molar refractivity (Wildman–Crippen MR) is 94.1 cm³/mol. The number of aromatic nitrogens is 2. The van der Waals surface area contributed by atoms with Gasteiger partial charge in [0, 0.05) is 56.7 Å². The lowest BCUT2D eigenvalue weighted by atomic mass is 10.1. The van der Waals surface area contributed by atoms with Crippen LogP contribution in [0.15, 0.2) is 36.7 Å². The van der Waals surface area contributed by atoms with Gasteiger partial charge >= 0.3 is 0 Å². The van der Waals surface area contributed by atoms with Crippen LogP contribution in [0.25, 0.3) is 0 Å². The van der Waals surface area contributed by atoms with Gasteiger partial charge in [0.05, 0.1) is 20.8 Å². The monoisotopic (exact) mass is 344 g/mol. The van der Waals surface area contributed by atoms with E-state index in [0.717, 1.165) is 39.3 Å². The number of nitrogens with zero attached hydrogens (tertiary/aromatic N) is 4. The van der Waals surface area contributed by atoms with Gasteiger partial charge in [-0.2, -0.15) is 5.10 Å². The number of amides is 1. The number of benzene rings is 1. The van der Waals surface area contributed by atoms with Gasteiger partial charge in [-0.1, -0.05) is 0 Å². The Hall–Kier alpha value is -2.54. The fourth-order valence-corrected chi connectivity index (χ4v) is 2.96. The van der Waals surface area contributed by atoms with E-state index in [1.165, 1.54) is 0 Å². The molecule has 2 aromatic rings. The molecular formula is C18H24N4O3. The summed E-state index contributed by atoms with van der Waals surface area (Å²) in [5.41, 5.74) is 0.598. The molecule has 1 aliphatic rings. The average Bonchev–Trinajstić information content (AvgIpc) is 3.19. The largest absolute Gasteiger partial charge is 0.497 e. The lowest BCUT2D eigenvalue weighted by Crippen LogP contribution is -2.49. The minimum atomic E-state index is 0.0175. The second-order valence-electron chi connectivity index (χ2n) is 6.00. The van der Waals surface area contributed by atoms with E-state index in [2.05, 4.69) is 10.00 Å². The van der Waals surface area contributed by atoms with Crippen molar-refractivity contribution in [3.05, 3.63) is 42.2 Å². The summed E-state index contributed by atoms with van der Waals surface area (Å²) in [7, 11) is 3.17. The molecular weight excluding hydrogens is 320 g/mol. The van der Waals surface area contributed by atoms with Crippen molar-refractivity contribution in [2.24, 2.45) is 0 Å². The van der Waals surface area contributed by atoms with Crippen LogP contribution in [-0.4, -0.2) is 72.4 Å². The van der Waals surface area contributed by atoms with Gasteiger partial charge in [0.25, 0.3) is 5.91 Å². The van der Waals surface area contributed by atoms with E-state index >= 15 is 0 Å². The zero-order chi connectivity index (χ0) is 17.6. The Labute approximate surface area is 147 Å². The maximum atomic E-state index is 12.8. The summed E-state index contributed by atoms with van der Waals surface area (Å²) in [6, 6.07) is 7.22. The van der Waals surface area contributed by atoms with Crippen LogP contribution in [-0.2, 0) is 6.54 Å². The second-order valence-corrected chi connectivity index (χ2v) is 6.00. The number of ether oxygens (including phenoxy) is 2. The topological polar surface area (TPSA) is 59.8 Å². The van der Waals surface area contributed by atoms with E-state index in [1.807, 2.05) is 21.8 Å². The zero-order valence-corrected chi connectivity index (χ0v) is 14.7. The number of hydrogen-bond acceptors (Lipinski definition) is 5. The first-order valence-electron chi connectivity index (χ1n) is 8.41. The van der Waals surface area contributed by atoms with Gasteiger partial charge in [0.15, 0.2) is 0 Å². The smallest absolute Gasteiger partial charge is 0.254 e. The molecule has 0 radical (unpaired) electrons. The van der Waals surface area contributed by atoms with Gasteiger partial charge in [-0.15, -0.1) is 0 Å². The van der Waals surface area contributed by atoms with Crippen LogP contribution < -0.4 is 9.47 Å². The second kappa shape index (κ2) is 8.02. The van der Waals surface area contributed by atoms with Crippen molar-refractivity contribution in [3.63, 3.8) is 0 Å². The Morgan fingerprint density at radius 2 is 1.72 bits per heavy atom. The van der Waals surface area contributed by atoms with Gasteiger partial charge < -0.3 is 14.4 Å². The summed E-state index contributed by atoms with van der Waals surface area (Å²) in [5, 5.41) is 4.22. The highest BCUT2D eigenvalue weighted by Gasteiger charge is 2.23. The Balaban J connectivity index is 1.56. The van der Waals surface area contributed by atoms with Crippen molar-refractivity contribution in [2.75, 3.05) is 46.9 Å². The molecule has 1 aliphatic heterocycles. The summed E-state index contributed by atoms with van der Waals surface area (Å²) < 4.78 is 12.4. The molecule has 25 heavy (non-hydrogen) atoms. The van der Waals surface area contributed by atoms with Gasteiger partial charge in [-0.05, 0) is 18.2 Å². The fraction of sp³-hybridized carbons (Fsp3) is 0.444. The molecule has 0 N–H and O–H groups in total. The van der Waals surface area contributed by atoms with Gasteiger partial charge in [-0.3, -0.25) is 14.4 Å². The van der Waals surface area contributed by atoms with Gasteiger partial charge in [0.1, 0.15) is 11.5 Å². The van der Waals surface area contributed by atoms with Crippen molar-refractivity contribution >= 4 is 5.91 Å². The average molecular weight is 344 g/mol. The highest BCUT2D eigenvalue weighted by molar-refractivity contribution is 5.95. The molecule has 0 bridgehead atoms. The quantitative estimate of drug-likeness (QED) is 0.792. The molecule has 1 aromatic heterocycles. The van der Waals surface area contributed by atoms with Crippen LogP contribution in [0.5, 0.6) is 11.5 Å². The molecule has 0 atom stereocenters. The predicted octanol–water partition coefficient (Wildman–Crippen LogP) is 1.36. The van der Waals surface area contributed by atoms with E-state index < -0.39 is 0 Å². The summed E-state index contributed by atoms with van der Waals surface area (Å²) in [6.45, 7) is 4.99. The highest BCUT2D eigenvalue weighted by atomic mass is 16.5. The number of hydrogen-bond donors (Lipinski definition) is 0. The molecule has 0 spiro atoms. The van der Waals surface area contributed by atoms with Crippen LogP contribution >= 0.6 is 0 Å². The minimum absolute atomic E-state index is 0.0175. The maximum Gasteiger partial charge on any atom is 0.254 e. The Morgan fingerprint density at radius 1 is 1.04 bits per heavy atom. The minimum Gasteiger partial charge on any atom is -0.497 e. The van der Waals surface area contributed by atoms with Crippen LogP contribution in [0, 0.1) is 0 Å². The Morgan fingerprint density at radius 3 is 2.28 bits per heavy atom. The summed E-state index contributed by atoms with van der Waals surface area (Å²) in [5.74, 6) is 1.27. The third-order valence-electron chi connectivity index (χ3n) is 4.46. The number of methoxy groups -OCH3 is 2. The van der Waals surface area contributed by atoms with Crippen molar-refractivity contribution in [2.45, 2.75) is 6.54 Å². The normalized spacial score (nSPS) is 15.2. The van der Waals surface area contributed by atoms with Crippen LogP contribution in [0.1, 0.15) is 10.4 Å². The van der Waals surface area contributed by atoms with Gasteiger partial charge in [0.2, 0.25) is 0 Å². The first kappa shape index (κ1) is 17.3. The molecule has 7 nitrogen and oxygen atoms in total. The Bertz CT molecular complexity index is 672. The van der Waals surface area contributed by atoms with Gasteiger partial charge in [-0.25, -0.2) is 0 Å². The molecule has 1 aromatic carbocycles. The molecule has 134 valence electrons. The van der Waals surface area contributed by atoms with E-state index in [1.54, 1.807) is 38.6 Å². The molecule has 0 aliphatic carbocycles. The molecule has 0 unspecified atom stereocenters. The van der Waals surface area contributed by atoms with E-state index in [9.17, 15) is 4.79 Å². The molecule has 3 rings (SSSR count). The lowest BCUT2D eigenvalue weighted by Gasteiger charge is -2.34. The van der Waals surface area contributed by atoms with Crippen molar-refractivity contribution in [1.82, 2.24) is 19.6 Å². The SMILES string of the molecule is COc1cc(OC)cc(C(=O)N2CCN(CCn3cccn3)CC2)c1. The van der Waals surface area contributed by atoms with Crippen LogP contribution in [0.2, 0.25) is 0 Å². The zero-order valence-electron chi connectivity index (χ0n) is 14.7. The van der Waals surface area contributed by atoms with Crippen molar-refractivity contribution < 1.29 is 14.3 Å². The molecule has 2 heterocycles. The summed E-state index contributed by atoms with van der Waals surface area (Å²) >= 11 is 0. The lowest BCUT2D eigenvalue weighted by molar-refractivity contribution is 0.0631. The third-order valence-corrected chi connectivity index (χ3v) is 4.46. The molecule has 1 fully saturated rings. The van der Waals surface area contributed by atoms with E-state index in [4.69, 9.17) is 9.47 Å². The molecule has 0 saturated carbocycles. The molecule has 1 saturated heterocycles. The number of carbonyl (C=O) groups excluding carboxylic acids is 1. The Kier molecular flexibility index (Phi) is 5.55. The number of carbonyl (C=O) groups is 1. The highest BCUT2D eigenvalue weighted by Crippen LogP contribution is 2.23. The molecule has 7 heteroatoms. The summed E-state index contributed by atoms with van der Waals surface area (Å²) in [4.78, 5) is 17.0. The van der Waals surface area contributed by atoms with Crippen LogP contribution in [0.3, 0.4) is 0 Å². The number of rotatable bonds is 6. The molecule has 1 amide bonds. The van der Waals surface area contributed by atoms with Crippen molar-refractivity contribution in [3.8, 4) is 11.5 Å². The van der Waals surface area contributed by atoms with E-state index in [0.29, 0.717) is 17.1 Å². The standard InChI is InChI=1S/C18H24N4O3/c1-24-16-12-15(13-17(14-16)25-2)18(23)21-9-6-20(7-10-21)8-11-22-5-3-4-19-22/h3-5,12-14H,6-11H2,1-2H3. The number of piperazine rings is 1.